The van der Waals surface area contributed by atoms with E-state index in [9.17, 15) is 4.79 Å². The number of amides is 1. The van der Waals surface area contributed by atoms with Crippen molar-refractivity contribution in [2.45, 2.75) is 34.6 Å². The molecule has 0 aliphatic carbocycles. The van der Waals surface area contributed by atoms with Gasteiger partial charge in [0.2, 0.25) is 5.91 Å². The molecule has 0 fully saturated rings. The Bertz CT molecular complexity index is 686. The number of carbonyl (C=O) groups excluding carboxylic acids is 1. The number of carbonyl (C=O) groups is 1. The monoisotopic (exact) mass is 316 g/mol. The normalized spacial score (nSPS) is 11.3. The second-order valence-corrected chi connectivity index (χ2v) is 6.44. The largest absolute Gasteiger partial charge is 0.368 e. The Morgan fingerprint density at radius 3 is 2.57 bits per heavy atom. The summed E-state index contributed by atoms with van der Waals surface area (Å²) in [4.78, 5) is 24.8. The lowest BCUT2D eigenvalue weighted by atomic mass is 9.96. The van der Waals surface area contributed by atoms with Gasteiger partial charge in [-0.2, -0.15) is 0 Å². The van der Waals surface area contributed by atoms with Crippen LogP contribution in [-0.2, 0) is 4.79 Å². The topological polar surface area (TPSA) is 84.7 Å². The predicted molar refractivity (Wildman–Crippen MR) is 89.6 cm³/mol. The van der Waals surface area contributed by atoms with Crippen molar-refractivity contribution in [3.05, 3.63) is 30.1 Å². The summed E-state index contributed by atoms with van der Waals surface area (Å²) < 4.78 is 1.90. The number of rotatable bonds is 5. The van der Waals surface area contributed by atoms with Gasteiger partial charge in [0.25, 0.3) is 0 Å². The molecule has 0 aromatic carbocycles. The van der Waals surface area contributed by atoms with Crippen molar-refractivity contribution >= 4 is 11.7 Å². The van der Waals surface area contributed by atoms with Gasteiger partial charge in [-0.3, -0.25) is 9.36 Å². The Balaban J connectivity index is 1.98. The van der Waals surface area contributed by atoms with E-state index < -0.39 is 0 Å². The second kappa shape index (κ2) is 6.76. The third kappa shape index (κ3) is 4.51. The van der Waals surface area contributed by atoms with Crippen molar-refractivity contribution in [1.82, 2.24) is 24.8 Å². The van der Waals surface area contributed by atoms with Crippen molar-refractivity contribution in [2.24, 2.45) is 5.41 Å². The van der Waals surface area contributed by atoms with E-state index in [2.05, 4.69) is 25.6 Å². The summed E-state index contributed by atoms with van der Waals surface area (Å²) >= 11 is 0. The maximum absolute atomic E-state index is 11.8. The first-order valence-corrected chi connectivity index (χ1v) is 7.65. The van der Waals surface area contributed by atoms with E-state index in [1.807, 2.05) is 51.4 Å². The van der Waals surface area contributed by atoms with Crippen molar-refractivity contribution in [1.29, 1.82) is 0 Å². The lowest BCUT2D eigenvalue weighted by molar-refractivity contribution is -0.128. The molecule has 0 saturated carbocycles. The highest BCUT2D eigenvalue weighted by Crippen LogP contribution is 2.13. The molecular weight excluding hydrogens is 292 g/mol. The summed E-state index contributed by atoms with van der Waals surface area (Å²) in [6.07, 6.45) is 3.60. The van der Waals surface area contributed by atoms with Crippen LogP contribution in [0.5, 0.6) is 0 Å². The van der Waals surface area contributed by atoms with Gasteiger partial charge in [0.05, 0.1) is 0 Å². The highest BCUT2D eigenvalue weighted by atomic mass is 16.2. The Kier molecular flexibility index (Phi) is 4.98. The minimum atomic E-state index is -0.377. The first-order chi connectivity index (χ1) is 10.8. The van der Waals surface area contributed by atoms with Crippen LogP contribution < -0.4 is 10.6 Å². The van der Waals surface area contributed by atoms with Gasteiger partial charge < -0.3 is 10.6 Å². The summed E-state index contributed by atoms with van der Waals surface area (Å²) in [6, 6.07) is 1.87. The van der Waals surface area contributed by atoms with Crippen LogP contribution in [0, 0.1) is 19.3 Å². The zero-order valence-corrected chi connectivity index (χ0v) is 14.3. The molecule has 0 saturated heterocycles. The standard InChI is InChI=1S/C16H24N6O/c1-11-20-13(18-6-7-19-15(23)16(3,4)5)10-14(21-11)22-9-8-17-12(22)2/h8-10H,6-7H2,1-5H3,(H,19,23)(H,18,20,21). The average Bonchev–Trinajstić information content (AvgIpc) is 2.88. The third-order valence-electron chi connectivity index (χ3n) is 3.29. The smallest absolute Gasteiger partial charge is 0.225 e. The molecule has 2 aromatic heterocycles. The summed E-state index contributed by atoms with van der Waals surface area (Å²) in [7, 11) is 0. The Labute approximate surface area is 136 Å². The van der Waals surface area contributed by atoms with E-state index in [1.54, 1.807) is 6.20 Å². The van der Waals surface area contributed by atoms with Crippen molar-refractivity contribution < 1.29 is 4.79 Å². The molecule has 2 N–H and O–H groups in total. The molecular formula is C16H24N6O. The van der Waals surface area contributed by atoms with Crippen LogP contribution in [0.25, 0.3) is 5.82 Å². The molecule has 0 bridgehead atoms. The zero-order valence-electron chi connectivity index (χ0n) is 14.3. The Hall–Kier alpha value is -2.44. The number of imidazole rings is 1. The van der Waals surface area contributed by atoms with E-state index in [4.69, 9.17) is 0 Å². The summed E-state index contributed by atoms with van der Waals surface area (Å²) in [6.45, 7) is 10.6. The lowest BCUT2D eigenvalue weighted by Crippen LogP contribution is -2.37. The van der Waals surface area contributed by atoms with Crippen LogP contribution in [0.2, 0.25) is 0 Å². The van der Waals surface area contributed by atoms with E-state index in [-0.39, 0.29) is 11.3 Å². The molecule has 0 atom stereocenters. The maximum Gasteiger partial charge on any atom is 0.225 e. The molecule has 23 heavy (non-hydrogen) atoms. The number of hydrogen-bond donors (Lipinski definition) is 2. The fraction of sp³-hybridized carbons (Fsp3) is 0.500. The van der Waals surface area contributed by atoms with Gasteiger partial charge in [0.1, 0.15) is 23.3 Å². The Morgan fingerprint density at radius 1 is 1.22 bits per heavy atom. The van der Waals surface area contributed by atoms with Crippen molar-refractivity contribution in [2.75, 3.05) is 18.4 Å². The SMILES string of the molecule is Cc1nc(NCCNC(=O)C(C)(C)C)cc(-n2ccnc2C)n1. The van der Waals surface area contributed by atoms with Crippen LogP contribution in [-0.4, -0.2) is 38.5 Å². The van der Waals surface area contributed by atoms with Crippen LogP contribution in [0.1, 0.15) is 32.4 Å². The van der Waals surface area contributed by atoms with Crippen molar-refractivity contribution in [3.63, 3.8) is 0 Å². The van der Waals surface area contributed by atoms with Gasteiger partial charge in [-0.1, -0.05) is 20.8 Å². The van der Waals surface area contributed by atoms with Gasteiger partial charge in [-0.25, -0.2) is 15.0 Å². The molecule has 2 rings (SSSR count). The van der Waals surface area contributed by atoms with E-state index in [0.717, 1.165) is 17.5 Å². The quantitative estimate of drug-likeness (QED) is 0.822. The highest BCUT2D eigenvalue weighted by Gasteiger charge is 2.20. The molecule has 0 radical (unpaired) electrons. The number of nitrogens with zero attached hydrogens (tertiary/aromatic N) is 4. The minimum absolute atomic E-state index is 0.0351. The average molecular weight is 316 g/mol. The number of aryl methyl sites for hydroxylation is 2. The minimum Gasteiger partial charge on any atom is -0.368 e. The molecule has 0 spiro atoms. The fourth-order valence-corrected chi connectivity index (χ4v) is 2.02. The molecule has 1 amide bonds. The number of anilines is 1. The van der Waals surface area contributed by atoms with Crippen LogP contribution in [0.4, 0.5) is 5.82 Å². The molecule has 0 unspecified atom stereocenters. The van der Waals surface area contributed by atoms with E-state index >= 15 is 0 Å². The first-order valence-electron chi connectivity index (χ1n) is 7.65. The summed E-state index contributed by atoms with van der Waals surface area (Å²) in [5.41, 5.74) is -0.377. The van der Waals surface area contributed by atoms with Gasteiger partial charge in [0, 0.05) is 37.0 Å². The van der Waals surface area contributed by atoms with E-state index in [0.29, 0.717) is 18.9 Å². The van der Waals surface area contributed by atoms with Gasteiger partial charge >= 0.3 is 0 Å². The molecule has 7 nitrogen and oxygen atoms in total. The molecule has 124 valence electrons. The maximum atomic E-state index is 11.8. The third-order valence-corrected chi connectivity index (χ3v) is 3.29. The first kappa shape index (κ1) is 16.9. The number of hydrogen-bond acceptors (Lipinski definition) is 5. The van der Waals surface area contributed by atoms with Crippen LogP contribution >= 0.6 is 0 Å². The molecule has 2 aromatic rings. The molecule has 0 aliphatic heterocycles. The zero-order chi connectivity index (χ0) is 17.0. The van der Waals surface area contributed by atoms with Gasteiger partial charge in [-0.05, 0) is 13.8 Å². The number of nitrogens with one attached hydrogen (secondary N) is 2. The summed E-state index contributed by atoms with van der Waals surface area (Å²) in [5.74, 6) is 3.08. The summed E-state index contributed by atoms with van der Waals surface area (Å²) in [5, 5.41) is 6.11. The van der Waals surface area contributed by atoms with Crippen LogP contribution in [0.15, 0.2) is 18.5 Å². The van der Waals surface area contributed by atoms with Gasteiger partial charge in [-0.15, -0.1) is 0 Å². The van der Waals surface area contributed by atoms with Crippen LogP contribution in [0.3, 0.4) is 0 Å². The van der Waals surface area contributed by atoms with E-state index in [1.165, 1.54) is 0 Å². The molecule has 2 heterocycles. The lowest BCUT2D eigenvalue weighted by Gasteiger charge is -2.17. The fourth-order valence-electron chi connectivity index (χ4n) is 2.02. The predicted octanol–water partition coefficient (Wildman–Crippen LogP) is 1.85. The number of aromatic nitrogens is 4. The van der Waals surface area contributed by atoms with Gasteiger partial charge in [0.15, 0.2) is 0 Å². The second-order valence-electron chi connectivity index (χ2n) is 6.44. The van der Waals surface area contributed by atoms with Crippen molar-refractivity contribution in [3.8, 4) is 5.82 Å². The highest BCUT2D eigenvalue weighted by molar-refractivity contribution is 5.81. The Morgan fingerprint density at radius 2 is 1.96 bits per heavy atom. The molecule has 7 heteroatoms. The molecule has 0 aliphatic rings.